The molecule has 0 aliphatic carbocycles. The predicted octanol–water partition coefficient (Wildman–Crippen LogP) is 6.59. The monoisotopic (exact) mass is 582 g/mol. The van der Waals surface area contributed by atoms with Gasteiger partial charge in [-0.25, -0.2) is 4.98 Å². The molecule has 0 radical (unpaired) electrons. The first-order valence-corrected chi connectivity index (χ1v) is 14.2. The van der Waals surface area contributed by atoms with E-state index in [1.807, 2.05) is 66.7 Å². The fourth-order valence-corrected chi connectivity index (χ4v) is 6.00. The van der Waals surface area contributed by atoms with Crippen molar-refractivity contribution >= 4 is 33.6 Å². The molecule has 9 heteroatoms. The summed E-state index contributed by atoms with van der Waals surface area (Å²) in [5.41, 5.74) is 3.15. The smallest absolute Gasteiger partial charge is 0.334 e. The number of carbonyl (C=O) groups excluding carboxylic acids is 2. The third-order valence-electron chi connectivity index (χ3n) is 8.10. The van der Waals surface area contributed by atoms with Gasteiger partial charge in [0.05, 0.1) is 11.0 Å². The number of alkyl halides is 3. The molecule has 0 bridgehead atoms. The van der Waals surface area contributed by atoms with Crippen molar-refractivity contribution in [2.75, 3.05) is 6.54 Å². The van der Waals surface area contributed by atoms with Crippen molar-refractivity contribution in [3.05, 3.63) is 120 Å². The lowest BCUT2D eigenvalue weighted by Gasteiger charge is -2.44. The number of amides is 2. The van der Waals surface area contributed by atoms with E-state index < -0.39 is 24.2 Å². The molecule has 218 valence electrons. The Morgan fingerprint density at radius 1 is 0.860 bits per heavy atom. The Morgan fingerprint density at radius 2 is 1.58 bits per heavy atom. The molecule has 43 heavy (non-hydrogen) atoms. The molecule has 2 aromatic heterocycles. The van der Waals surface area contributed by atoms with Crippen molar-refractivity contribution in [1.82, 2.24) is 19.8 Å². The minimum Gasteiger partial charge on any atom is -0.334 e. The van der Waals surface area contributed by atoms with Crippen LogP contribution < -0.4 is 0 Å². The SMILES string of the molecule is O=C(c1ccc2ccccc2n1)N1CCC(N(Cc2ccnc3ccccc23)C(=O)C(F)(F)F)CC1Cc1ccccc1. The number of likely N-dealkylation sites (tertiary alicyclic amines) is 1. The van der Waals surface area contributed by atoms with Gasteiger partial charge in [0.25, 0.3) is 5.91 Å². The minimum absolute atomic E-state index is 0.189. The average Bonchev–Trinajstić information content (AvgIpc) is 3.03. The summed E-state index contributed by atoms with van der Waals surface area (Å²) in [6.07, 6.45) is -2.67. The van der Waals surface area contributed by atoms with Crippen LogP contribution >= 0.6 is 0 Å². The molecular weight excluding hydrogens is 553 g/mol. The fourth-order valence-electron chi connectivity index (χ4n) is 6.00. The molecule has 2 atom stereocenters. The van der Waals surface area contributed by atoms with Crippen molar-refractivity contribution in [1.29, 1.82) is 0 Å². The number of pyridine rings is 2. The van der Waals surface area contributed by atoms with E-state index in [0.717, 1.165) is 15.8 Å². The number of rotatable bonds is 6. The maximum absolute atomic E-state index is 14.0. The molecule has 6 rings (SSSR count). The van der Waals surface area contributed by atoms with E-state index in [-0.39, 0.29) is 37.5 Å². The minimum atomic E-state index is -5.04. The van der Waals surface area contributed by atoms with Gasteiger partial charge in [0.2, 0.25) is 0 Å². The maximum Gasteiger partial charge on any atom is 0.471 e. The van der Waals surface area contributed by atoms with E-state index >= 15 is 0 Å². The van der Waals surface area contributed by atoms with Crippen LogP contribution in [0, 0.1) is 0 Å². The number of fused-ring (bicyclic) bond motifs is 2. The zero-order chi connectivity index (χ0) is 30.0. The van der Waals surface area contributed by atoms with E-state index in [2.05, 4.69) is 9.97 Å². The fraction of sp³-hybridized carbons (Fsp3) is 0.235. The number of aromatic nitrogens is 2. The standard InChI is InChI=1S/C34H29F3N4O2/c35-34(36,37)33(43)41(22-25-16-18-38-30-13-7-5-11-28(25)30)26-17-19-40(27(21-26)20-23-8-2-1-3-9-23)32(42)31-15-14-24-10-4-6-12-29(24)39-31/h1-16,18,26-27H,17,19-22H2. The molecule has 6 nitrogen and oxygen atoms in total. The summed E-state index contributed by atoms with van der Waals surface area (Å²) < 4.78 is 42.0. The van der Waals surface area contributed by atoms with Crippen LogP contribution in [0.4, 0.5) is 13.2 Å². The molecule has 3 aromatic carbocycles. The normalized spacial score (nSPS) is 17.2. The number of para-hydroxylation sites is 2. The number of nitrogens with zero attached hydrogens (tertiary/aromatic N) is 4. The van der Waals surface area contributed by atoms with Gasteiger partial charge in [0, 0.05) is 42.1 Å². The molecule has 1 aliphatic heterocycles. The molecule has 3 heterocycles. The Kier molecular flexibility index (Phi) is 7.80. The summed E-state index contributed by atoms with van der Waals surface area (Å²) in [5, 5.41) is 1.60. The molecule has 1 fully saturated rings. The first kappa shape index (κ1) is 28.3. The molecule has 0 saturated carbocycles. The van der Waals surface area contributed by atoms with Gasteiger partial charge in [-0.05, 0) is 54.7 Å². The highest BCUT2D eigenvalue weighted by Crippen LogP contribution is 2.32. The van der Waals surface area contributed by atoms with Gasteiger partial charge in [0.1, 0.15) is 5.69 Å². The van der Waals surface area contributed by atoms with Crippen LogP contribution in [-0.4, -0.2) is 56.4 Å². The number of halogens is 3. The molecular formula is C34H29F3N4O2. The molecule has 1 saturated heterocycles. The van der Waals surface area contributed by atoms with E-state index in [1.165, 1.54) is 0 Å². The van der Waals surface area contributed by atoms with Crippen LogP contribution in [0.15, 0.2) is 103 Å². The predicted molar refractivity (Wildman–Crippen MR) is 158 cm³/mol. The van der Waals surface area contributed by atoms with Gasteiger partial charge in [0.15, 0.2) is 0 Å². The van der Waals surface area contributed by atoms with Crippen LogP contribution in [0.2, 0.25) is 0 Å². The van der Waals surface area contributed by atoms with E-state index in [1.54, 1.807) is 41.4 Å². The zero-order valence-electron chi connectivity index (χ0n) is 23.2. The van der Waals surface area contributed by atoms with Crippen molar-refractivity contribution in [3.8, 4) is 0 Å². The summed E-state index contributed by atoms with van der Waals surface area (Å²) in [7, 11) is 0. The average molecular weight is 583 g/mol. The van der Waals surface area contributed by atoms with Crippen molar-refractivity contribution in [2.24, 2.45) is 0 Å². The molecule has 2 amide bonds. The van der Waals surface area contributed by atoms with Crippen LogP contribution in [0.3, 0.4) is 0 Å². The Hall–Kier alpha value is -4.79. The first-order valence-electron chi connectivity index (χ1n) is 14.2. The number of hydrogen-bond donors (Lipinski definition) is 0. The Morgan fingerprint density at radius 3 is 2.37 bits per heavy atom. The zero-order valence-corrected chi connectivity index (χ0v) is 23.2. The summed E-state index contributed by atoms with van der Waals surface area (Å²) in [5.74, 6) is -2.16. The highest BCUT2D eigenvalue weighted by Gasteiger charge is 2.46. The Balaban J connectivity index is 1.33. The topological polar surface area (TPSA) is 66.4 Å². The van der Waals surface area contributed by atoms with Gasteiger partial charge in [-0.2, -0.15) is 13.2 Å². The first-order chi connectivity index (χ1) is 20.8. The summed E-state index contributed by atoms with van der Waals surface area (Å²) in [6, 6.07) is 28.2. The van der Waals surface area contributed by atoms with Gasteiger partial charge >= 0.3 is 12.1 Å². The van der Waals surface area contributed by atoms with Crippen molar-refractivity contribution in [2.45, 2.75) is 44.1 Å². The number of hydrogen-bond acceptors (Lipinski definition) is 4. The maximum atomic E-state index is 14.0. The second-order valence-electron chi connectivity index (χ2n) is 10.8. The lowest BCUT2D eigenvalue weighted by Crippen LogP contribution is -2.55. The van der Waals surface area contributed by atoms with Gasteiger partial charge in [-0.1, -0.05) is 72.8 Å². The highest BCUT2D eigenvalue weighted by molar-refractivity contribution is 5.95. The largest absolute Gasteiger partial charge is 0.471 e. The van der Waals surface area contributed by atoms with Crippen LogP contribution in [0.5, 0.6) is 0 Å². The third kappa shape index (κ3) is 6.07. The lowest BCUT2D eigenvalue weighted by molar-refractivity contribution is -0.189. The van der Waals surface area contributed by atoms with Gasteiger partial charge in [-0.15, -0.1) is 0 Å². The lowest BCUT2D eigenvalue weighted by atomic mass is 9.90. The molecule has 1 aliphatic rings. The summed E-state index contributed by atoms with van der Waals surface area (Å²) in [4.78, 5) is 38.3. The second kappa shape index (κ2) is 11.8. The quantitative estimate of drug-likeness (QED) is 0.227. The summed E-state index contributed by atoms with van der Waals surface area (Å²) in [6.45, 7) is -0.0293. The van der Waals surface area contributed by atoms with Gasteiger partial charge in [-0.3, -0.25) is 14.6 Å². The number of piperidine rings is 1. The third-order valence-corrected chi connectivity index (χ3v) is 8.10. The van der Waals surface area contributed by atoms with E-state index in [0.29, 0.717) is 28.4 Å². The molecule has 2 unspecified atom stereocenters. The van der Waals surface area contributed by atoms with E-state index in [4.69, 9.17) is 0 Å². The van der Waals surface area contributed by atoms with Crippen molar-refractivity contribution < 1.29 is 22.8 Å². The Labute approximate surface area is 246 Å². The second-order valence-corrected chi connectivity index (χ2v) is 10.8. The highest BCUT2D eigenvalue weighted by atomic mass is 19.4. The van der Waals surface area contributed by atoms with Crippen LogP contribution in [0.1, 0.15) is 34.5 Å². The van der Waals surface area contributed by atoms with E-state index in [9.17, 15) is 22.8 Å². The number of benzene rings is 3. The van der Waals surface area contributed by atoms with Crippen LogP contribution in [0.25, 0.3) is 21.8 Å². The Bertz CT molecular complexity index is 1770. The summed E-state index contributed by atoms with van der Waals surface area (Å²) >= 11 is 0. The molecule has 5 aromatic rings. The molecule has 0 spiro atoms. The van der Waals surface area contributed by atoms with Crippen molar-refractivity contribution in [3.63, 3.8) is 0 Å². The number of carbonyl (C=O) groups is 2. The van der Waals surface area contributed by atoms with Gasteiger partial charge < -0.3 is 9.80 Å². The van der Waals surface area contributed by atoms with Crippen LogP contribution in [-0.2, 0) is 17.8 Å². The molecule has 0 N–H and O–H groups in total.